The number of hydrogen-bond acceptors (Lipinski definition) is 5. The van der Waals surface area contributed by atoms with Crippen molar-refractivity contribution < 1.29 is 29.0 Å². The van der Waals surface area contributed by atoms with Gasteiger partial charge in [-0.2, -0.15) is 0 Å². The second-order valence-corrected chi connectivity index (χ2v) is 7.78. The van der Waals surface area contributed by atoms with Gasteiger partial charge in [-0.3, -0.25) is 4.79 Å². The van der Waals surface area contributed by atoms with Crippen LogP contribution in [0.1, 0.15) is 36.8 Å². The predicted octanol–water partition coefficient (Wildman–Crippen LogP) is 2.91. The summed E-state index contributed by atoms with van der Waals surface area (Å²) < 4.78 is 10.3. The Bertz CT molecular complexity index is 931. The molecule has 2 amide bonds. The molecule has 0 bridgehead atoms. The van der Waals surface area contributed by atoms with Crippen LogP contribution >= 0.6 is 0 Å². The number of nitrogens with one attached hydrogen (secondary N) is 2. The Morgan fingerprint density at radius 2 is 1.62 bits per heavy atom. The Kier molecular flexibility index (Phi) is 7.83. The fourth-order valence-electron chi connectivity index (χ4n) is 3.93. The Labute approximate surface area is 186 Å². The number of ether oxygens (including phenoxy) is 2. The average molecular weight is 440 g/mol. The summed E-state index contributed by atoms with van der Waals surface area (Å²) in [5.41, 5.74) is 4.57. The summed E-state index contributed by atoms with van der Waals surface area (Å²) in [6, 6.07) is 15.7. The molecule has 1 aliphatic carbocycles. The van der Waals surface area contributed by atoms with Crippen LogP contribution in [0, 0.1) is 0 Å². The highest BCUT2D eigenvalue weighted by atomic mass is 16.5. The topological polar surface area (TPSA) is 114 Å². The number of carbonyl (C=O) groups is 3. The van der Waals surface area contributed by atoms with E-state index in [4.69, 9.17) is 14.6 Å². The lowest BCUT2D eigenvalue weighted by Crippen LogP contribution is -2.39. The van der Waals surface area contributed by atoms with Crippen LogP contribution in [0.2, 0.25) is 0 Å². The number of methoxy groups -OCH3 is 1. The lowest BCUT2D eigenvalue weighted by atomic mass is 9.98. The van der Waals surface area contributed by atoms with Crippen LogP contribution in [-0.2, 0) is 19.1 Å². The fourth-order valence-corrected chi connectivity index (χ4v) is 3.93. The van der Waals surface area contributed by atoms with Gasteiger partial charge in [-0.15, -0.1) is 0 Å². The maximum Gasteiger partial charge on any atom is 0.407 e. The summed E-state index contributed by atoms with van der Waals surface area (Å²) >= 11 is 0. The van der Waals surface area contributed by atoms with E-state index < -0.39 is 24.2 Å². The number of benzene rings is 2. The third-order valence-electron chi connectivity index (χ3n) is 5.49. The van der Waals surface area contributed by atoms with Crippen LogP contribution in [0.4, 0.5) is 4.79 Å². The van der Waals surface area contributed by atoms with Gasteiger partial charge in [0.1, 0.15) is 6.61 Å². The molecule has 8 heteroatoms. The SMILES string of the molecule is COC(CCNC(=O)C[C@H](C)NC(=O)OCC1c2ccccc2-c2ccccc21)C(=O)O. The molecular formula is C24H28N2O6. The van der Waals surface area contributed by atoms with E-state index in [-0.39, 0.29) is 37.8 Å². The lowest BCUT2D eigenvalue weighted by Gasteiger charge is -2.17. The monoisotopic (exact) mass is 440 g/mol. The van der Waals surface area contributed by atoms with Crippen LogP contribution in [-0.4, -0.2) is 55.5 Å². The Morgan fingerprint density at radius 3 is 2.19 bits per heavy atom. The van der Waals surface area contributed by atoms with Gasteiger partial charge in [-0.25, -0.2) is 9.59 Å². The second kappa shape index (κ2) is 10.8. The molecular weight excluding hydrogens is 412 g/mol. The van der Waals surface area contributed by atoms with E-state index in [1.54, 1.807) is 6.92 Å². The number of alkyl carbamates (subject to hydrolysis) is 1. The molecule has 0 saturated heterocycles. The minimum absolute atomic E-state index is 0.0327. The zero-order valence-corrected chi connectivity index (χ0v) is 18.2. The molecule has 8 nitrogen and oxygen atoms in total. The van der Waals surface area contributed by atoms with Crippen LogP contribution in [0.15, 0.2) is 48.5 Å². The minimum atomic E-state index is -1.08. The van der Waals surface area contributed by atoms with Crippen LogP contribution in [0.25, 0.3) is 11.1 Å². The summed E-state index contributed by atoms with van der Waals surface area (Å²) in [6.07, 6.45) is -1.34. The van der Waals surface area contributed by atoms with Gasteiger partial charge in [-0.1, -0.05) is 48.5 Å². The minimum Gasteiger partial charge on any atom is -0.479 e. The highest BCUT2D eigenvalue weighted by Crippen LogP contribution is 2.44. The van der Waals surface area contributed by atoms with Gasteiger partial charge in [0.2, 0.25) is 5.91 Å². The number of carboxylic acid groups (broad SMARTS) is 1. The van der Waals surface area contributed by atoms with Crippen molar-refractivity contribution >= 4 is 18.0 Å². The first-order valence-corrected chi connectivity index (χ1v) is 10.5. The van der Waals surface area contributed by atoms with Crippen molar-refractivity contribution in [2.45, 2.75) is 37.8 Å². The molecule has 0 fully saturated rings. The van der Waals surface area contributed by atoms with Gasteiger partial charge in [0, 0.05) is 38.5 Å². The molecule has 3 N–H and O–H groups in total. The maximum absolute atomic E-state index is 12.3. The van der Waals surface area contributed by atoms with Crippen LogP contribution in [0.5, 0.6) is 0 Å². The largest absolute Gasteiger partial charge is 0.479 e. The van der Waals surface area contributed by atoms with Gasteiger partial charge >= 0.3 is 12.1 Å². The van der Waals surface area contributed by atoms with Gasteiger partial charge < -0.3 is 25.2 Å². The first-order chi connectivity index (χ1) is 15.4. The van der Waals surface area contributed by atoms with E-state index >= 15 is 0 Å². The van der Waals surface area contributed by atoms with Gasteiger partial charge in [-0.05, 0) is 29.2 Å². The summed E-state index contributed by atoms with van der Waals surface area (Å²) in [5, 5.41) is 14.2. The van der Waals surface area contributed by atoms with Crippen molar-refractivity contribution in [2.75, 3.05) is 20.3 Å². The Hall–Kier alpha value is -3.39. The number of carbonyl (C=O) groups excluding carboxylic acids is 2. The zero-order chi connectivity index (χ0) is 23.1. The first kappa shape index (κ1) is 23.3. The number of amides is 2. The summed E-state index contributed by atoms with van der Waals surface area (Å²) in [6.45, 7) is 2.07. The van der Waals surface area contributed by atoms with E-state index in [9.17, 15) is 14.4 Å². The van der Waals surface area contributed by atoms with Crippen molar-refractivity contribution in [3.63, 3.8) is 0 Å². The molecule has 2 atom stereocenters. The quantitative estimate of drug-likeness (QED) is 0.524. The van der Waals surface area contributed by atoms with Crippen LogP contribution < -0.4 is 10.6 Å². The molecule has 0 radical (unpaired) electrons. The molecule has 2 aromatic carbocycles. The number of rotatable bonds is 10. The highest BCUT2D eigenvalue weighted by molar-refractivity contribution is 5.79. The number of hydrogen-bond donors (Lipinski definition) is 3. The van der Waals surface area contributed by atoms with Crippen molar-refractivity contribution in [1.82, 2.24) is 10.6 Å². The third kappa shape index (κ3) is 5.64. The number of carboxylic acids is 1. The summed E-state index contributed by atoms with van der Waals surface area (Å²) in [7, 11) is 1.31. The molecule has 2 aromatic rings. The Morgan fingerprint density at radius 1 is 1.03 bits per heavy atom. The van der Waals surface area contributed by atoms with Crippen molar-refractivity contribution in [3.8, 4) is 11.1 Å². The Balaban J connectivity index is 1.45. The van der Waals surface area contributed by atoms with E-state index in [2.05, 4.69) is 22.8 Å². The second-order valence-electron chi connectivity index (χ2n) is 7.78. The lowest BCUT2D eigenvalue weighted by molar-refractivity contribution is -0.149. The summed E-state index contributed by atoms with van der Waals surface area (Å²) in [4.78, 5) is 35.2. The van der Waals surface area contributed by atoms with Gasteiger partial charge in [0.05, 0.1) is 0 Å². The molecule has 0 aliphatic heterocycles. The van der Waals surface area contributed by atoms with Crippen molar-refractivity contribution in [1.29, 1.82) is 0 Å². The maximum atomic E-state index is 12.3. The standard InChI is InChI=1S/C24H28N2O6/c1-15(13-22(27)25-12-11-21(31-2)23(28)29)26-24(30)32-14-20-18-9-5-3-7-16(18)17-8-4-6-10-19(17)20/h3-10,15,20-21H,11-14H2,1-2H3,(H,25,27)(H,26,30)(H,28,29)/t15-,21?/m0/s1. The molecule has 32 heavy (non-hydrogen) atoms. The van der Waals surface area contributed by atoms with E-state index in [0.29, 0.717) is 0 Å². The third-order valence-corrected chi connectivity index (χ3v) is 5.49. The smallest absolute Gasteiger partial charge is 0.407 e. The highest BCUT2D eigenvalue weighted by Gasteiger charge is 2.29. The molecule has 1 unspecified atom stereocenters. The van der Waals surface area contributed by atoms with Crippen molar-refractivity contribution in [3.05, 3.63) is 59.7 Å². The molecule has 0 saturated carbocycles. The zero-order valence-electron chi connectivity index (χ0n) is 18.2. The number of aliphatic carboxylic acids is 1. The van der Waals surface area contributed by atoms with E-state index in [1.165, 1.54) is 7.11 Å². The van der Waals surface area contributed by atoms with Gasteiger partial charge in [0.15, 0.2) is 6.10 Å². The van der Waals surface area contributed by atoms with E-state index in [0.717, 1.165) is 22.3 Å². The molecule has 1 aliphatic rings. The fraction of sp³-hybridized carbons (Fsp3) is 0.375. The molecule has 0 spiro atoms. The molecule has 3 rings (SSSR count). The normalized spacial score (nSPS) is 14.1. The van der Waals surface area contributed by atoms with Gasteiger partial charge in [0.25, 0.3) is 0 Å². The molecule has 0 aromatic heterocycles. The first-order valence-electron chi connectivity index (χ1n) is 10.5. The van der Waals surface area contributed by atoms with Crippen molar-refractivity contribution in [2.24, 2.45) is 0 Å². The molecule has 170 valence electrons. The van der Waals surface area contributed by atoms with E-state index in [1.807, 2.05) is 36.4 Å². The van der Waals surface area contributed by atoms with Crippen LogP contribution in [0.3, 0.4) is 0 Å². The number of fused-ring (bicyclic) bond motifs is 3. The molecule has 0 heterocycles. The average Bonchev–Trinajstić information content (AvgIpc) is 3.08. The summed E-state index contributed by atoms with van der Waals surface area (Å²) in [5.74, 6) is -1.40. The predicted molar refractivity (Wildman–Crippen MR) is 118 cm³/mol.